The van der Waals surface area contributed by atoms with Crippen LogP contribution in [0.3, 0.4) is 0 Å². The highest BCUT2D eigenvalue weighted by Crippen LogP contribution is 2.26. The number of aryl methyl sites for hydroxylation is 1. The second kappa shape index (κ2) is 7.14. The first-order valence-electron chi connectivity index (χ1n) is 7.46. The minimum absolute atomic E-state index is 0.115. The zero-order valence-electron chi connectivity index (χ0n) is 13.2. The van der Waals surface area contributed by atoms with E-state index in [0.717, 1.165) is 6.08 Å². The molecule has 0 spiro atoms. The van der Waals surface area contributed by atoms with Gasteiger partial charge in [-0.3, -0.25) is 4.79 Å². The fraction of sp³-hybridized carbons (Fsp3) is 0.375. The van der Waals surface area contributed by atoms with E-state index in [9.17, 15) is 18.0 Å². The van der Waals surface area contributed by atoms with Gasteiger partial charge in [0.25, 0.3) is 0 Å². The number of hydrogen-bond acceptors (Lipinski definition) is 4. The van der Waals surface area contributed by atoms with Crippen LogP contribution < -0.4 is 0 Å². The number of carboxylic acids is 2. The Morgan fingerprint density at radius 1 is 1.21 bits per heavy atom. The average molecular weight is 353 g/mol. The van der Waals surface area contributed by atoms with Gasteiger partial charge in [0.1, 0.15) is 0 Å². The third-order valence-electron chi connectivity index (χ3n) is 4.05. The lowest BCUT2D eigenvalue weighted by Crippen LogP contribution is -2.40. The molecule has 0 aromatic heterocycles. The van der Waals surface area contributed by atoms with Crippen molar-refractivity contribution in [2.75, 3.05) is 13.1 Å². The Labute approximate surface area is 140 Å². The van der Waals surface area contributed by atoms with Crippen molar-refractivity contribution >= 4 is 28.0 Å². The molecule has 1 aromatic carbocycles. The molecule has 0 unspecified atom stereocenters. The summed E-state index contributed by atoms with van der Waals surface area (Å²) in [6, 6.07) is 4.70. The van der Waals surface area contributed by atoms with Crippen LogP contribution in [-0.4, -0.2) is 48.0 Å². The van der Waals surface area contributed by atoms with Crippen molar-refractivity contribution < 1.29 is 28.2 Å². The van der Waals surface area contributed by atoms with E-state index in [1.165, 1.54) is 16.4 Å². The van der Waals surface area contributed by atoms with Crippen molar-refractivity contribution in [3.05, 3.63) is 35.4 Å². The number of aliphatic carboxylic acids is 2. The molecule has 130 valence electrons. The Balaban J connectivity index is 2.27. The van der Waals surface area contributed by atoms with Gasteiger partial charge in [-0.05, 0) is 43.0 Å². The van der Waals surface area contributed by atoms with Crippen LogP contribution in [0.4, 0.5) is 0 Å². The Bertz CT molecular complexity index is 776. The van der Waals surface area contributed by atoms with Gasteiger partial charge in [-0.1, -0.05) is 12.1 Å². The van der Waals surface area contributed by atoms with Crippen molar-refractivity contribution in [2.45, 2.75) is 24.7 Å². The molecule has 0 aliphatic carbocycles. The Hall–Kier alpha value is -2.19. The van der Waals surface area contributed by atoms with Crippen LogP contribution in [0.25, 0.3) is 6.08 Å². The predicted octanol–water partition coefficient (Wildman–Crippen LogP) is 1.58. The van der Waals surface area contributed by atoms with Crippen molar-refractivity contribution in [3.8, 4) is 0 Å². The summed E-state index contributed by atoms with van der Waals surface area (Å²) in [5.41, 5.74) is 1.03. The molecule has 1 aliphatic heterocycles. The number of carbonyl (C=O) groups is 2. The lowest BCUT2D eigenvalue weighted by molar-refractivity contribution is -0.143. The van der Waals surface area contributed by atoms with E-state index in [1.54, 1.807) is 19.1 Å². The van der Waals surface area contributed by atoms with E-state index < -0.39 is 27.9 Å². The Morgan fingerprint density at radius 3 is 2.38 bits per heavy atom. The van der Waals surface area contributed by atoms with Crippen LogP contribution in [0.15, 0.2) is 29.2 Å². The van der Waals surface area contributed by atoms with Gasteiger partial charge in [0, 0.05) is 19.2 Å². The van der Waals surface area contributed by atoms with Gasteiger partial charge in [0.2, 0.25) is 10.0 Å². The van der Waals surface area contributed by atoms with Gasteiger partial charge < -0.3 is 10.2 Å². The number of piperidine rings is 1. The molecule has 0 saturated carbocycles. The number of sulfonamides is 1. The first-order chi connectivity index (χ1) is 11.2. The molecule has 7 nitrogen and oxygen atoms in total. The van der Waals surface area contributed by atoms with Crippen LogP contribution in [0.5, 0.6) is 0 Å². The lowest BCUT2D eigenvalue weighted by atomic mass is 9.99. The highest BCUT2D eigenvalue weighted by molar-refractivity contribution is 7.89. The van der Waals surface area contributed by atoms with Gasteiger partial charge in [-0.15, -0.1) is 0 Å². The van der Waals surface area contributed by atoms with E-state index >= 15 is 0 Å². The number of hydrogen-bond donors (Lipinski definition) is 2. The minimum atomic E-state index is -3.74. The van der Waals surface area contributed by atoms with Crippen molar-refractivity contribution in [1.82, 2.24) is 4.31 Å². The number of benzene rings is 1. The first kappa shape index (κ1) is 18.2. The van der Waals surface area contributed by atoms with E-state index in [1.807, 2.05) is 0 Å². The molecule has 8 heteroatoms. The molecule has 0 amide bonds. The molecule has 1 fully saturated rings. The summed E-state index contributed by atoms with van der Waals surface area (Å²) in [5.74, 6) is -2.53. The molecular formula is C16H19NO6S. The fourth-order valence-corrected chi connectivity index (χ4v) is 4.38. The maximum absolute atomic E-state index is 12.8. The van der Waals surface area contributed by atoms with Crippen LogP contribution in [-0.2, 0) is 19.6 Å². The molecule has 24 heavy (non-hydrogen) atoms. The van der Waals surface area contributed by atoms with E-state index in [4.69, 9.17) is 10.2 Å². The summed E-state index contributed by atoms with van der Waals surface area (Å²) < 4.78 is 26.9. The van der Waals surface area contributed by atoms with E-state index in [2.05, 4.69) is 0 Å². The summed E-state index contributed by atoms with van der Waals surface area (Å²) in [6.07, 6.45) is 2.84. The first-order valence-corrected chi connectivity index (χ1v) is 8.90. The van der Waals surface area contributed by atoms with E-state index in [-0.39, 0.29) is 30.8 Å². The van der Waals surface area contributed by atoms with Gasteiger partial charge in [0.15, 0.2) is 0 Å². The largest absolute Gasteiger partial charge is 0.481 e. The number of carboxylic acid groups (broad SMARTS) is 2. The Kier molecular flexibility index (Phi) is 5.40. The molecule has 1 heterocycles. The average Bonchev–Trinajstić information content (AvgIpc) is 2.53. The molecule has 1 aromatic rings. The zero-order chi connectivity index (χ0) is 17.9. The molecule has 0 radical (unpaired) electrons. The standard InChI is InChI=1S/C16H19NO6S/c1-11-2-3-12(4-5-15(18)19)10-14(11)24(22,23)17-8-6-13(7-9-17)16(20)21/h2-5,10,13H,6-9H2,1H3,(H,18,19)(H,20,21)/b5-4+. The minimum Gasteiger partial charge on any atom is -0.481 e. The molecule has 0 atom stereocenters. The fourth-order valence-electron chi connectivity index (χ4n) is 2.65. The van der Waals surface area contributed by atoms with Crippen LogP contribution in [0, 0.1) is 12.8 Å². The van der Waals surface area contributed by atoms with Crippen molar-refractivity contribution in [1.29, 1.82) is 0 Å². The molecule has 1 saturated heterocycles. The number of nitrogens with zero attached hydrogens (tertiary/aromatic N) is 1. The third kappa shape index (κ3) is 4.01. The van der Waals surface area contributed by atoms with Crippen LogP contribution in [0.2, 0.25) is 0 Å². The lowest BCUT2D eigenvalue weighted by Gasteiger charge is -2.29. The van der Waals surface area contributed by atoms with Crippen molar-refractivity contribution in [2.24, 2.45) is 5.92 Å². The summed E-state index contributed by atoms with van der Waals surface area (Å²) in [4.78, 5) is 21.7. The predicted molar refractivity (Wildman–Crippen MR) is 87.0 cm³/mol. The summed E-state index contributed by atoms with van der Waals surface area (Å²) >= 11 is 0. The molecule has 2 rings (SSSR count). The SMILES string of the molecule is Cc1ccc(/C=C/C(=O)O)cc1S(=O)(=O)N1CCC(C(=O)O)CC1. The second-order valence-electron chi connectivity index (χ2n) is 5.71. The zero-order valence-corrected chi connectivity index (χ0v) is 14.0. The maximum Gasteiger partial charge on any atom is 0.328 e. The maximum atomic E-state index is 12.8. The van der Waals surface area contributed by atoms with Crippen molar-refractivity contribution in [3.63, 3.8) is 0 Å². The quantitative estimate of drug-likeness (QED) is 0.777. The summed E-state index contributed by atoms with van der Waals surface area (Å²) in [6.45, 7) is 1.99. The van der Waals surface area contributed by atoms with Gasteiger partial charge in [0.05, 0.1) is 10.8 Å². The van der Waals surface area contributed by atoms with Gasteiger partial charge in [-0.2, -0.15) is 4.31 Å². The smallest absolute Gasteiger partial charge is 0.328 e. The third-order valence-corrected chi connectivity index (χ3v) is 6.09. The second-order valence-corrected chi connectivity index (χ2v) is 7.62. The molecule has 2 N–H and O–H groups in total. The molecule has 0 bridgehead atoms. The van der Waals surface area contributed by atoms with E-state index in [0.29, 0.717) is 11.1 Å². The number of rotatable bonds is 5. The van der Waals surface area contributed by atoms with Crippen LogP contribution in [0.1, 0.15) is 24.0 Å². The summed E-state index contributed by atoms with van der Waals surface area (Å²) in [5, 5.41) is 17.7. The van der Waals surface area contributed by atoms with Crippen LogP contribution >= 0.6 is 0 Å². The molecular weight excluding hydrogens is 334 g/mol. The monoisotopic (exact) mass is 353 g/mol. The van der Waals surface area contributed by atoms with Gasteiger partial charge >= 0.3 is 11.9 Å². The molecule has 1 aliphatic rings. The van der Waals surface area contributed by atoms with Gasteiger partial charge in [-0.25, -0.2) is 13.2 Å². The summed E-state index contributed by atoms with van der Waals surface area (Å²) in [7, 11) is -3.74. The Morgan fingerprint density at radius 2 is 1.83 bits per heavy atom. The normalized spacial score (nSPS) is 17.2. The topological polar surface area (TPSA) is 112 Å². The highest BCUT2D eigenvalue weighted by Gasteiger charge is 2.32. The highest BCUT2D eigenvalue weighted by atomic mass is 32.2.